The molecule has 0 aliphatic heterocycles. The molecule has 0 saturated carbocycles. The molecule has 2 N–H and O–H groups in total. The number of aldehydes is 1. The molecule has 20 heavy (non-hydrogen) atoms. The highest BCUT2D eigenvalue weighted by molar-refractivity contribution is 6.29. The van der Waals surface area contributed by atoms with Crippen molar-refractivity contribution in [1.82, 2.24) is 15.2 Å². The highest BCUT2D eigenvalue weighted by Gasteiger charge is 2.08. The molecule has 2 aromatic rings. The molecule has 0 fully saturated rings. The Morgan fingerprint density at radius 1 is 1.45 bits per heavy atom. The number of pyridine rings is 1. The van der Waals surface area contributed by atoms with Gasteiger partial charge in [0.15, 0.2) is 12.1 Å². The summed E-state index contributed by atoms with van der Waals surface area (Å²) < 4.78 is 4.25. The predicted octanol–water partition coefficient (Wildman–Crippen LogP) is 1.79. The zero-order valence-electron chi connectivity index (χ0n) is 10.9. The third-order valence-corrected chi connectivity index (χ3v) is 2.18. The van der Waals surface area contributed by atoms with Crippen LogP contribution >= 0.6 is 11.6 Å². The minimum Gasteiger partial charge on any atom is -0.388 e. The summed E-state index contributed by atoms with van der Waals surface area (Å²) in [4.78, 5) is 25.9. The molecule has 0 aromatic carbocycles. The smallest absolute Gasteiger partial charge is 0.258 e. The van der Waals surface area contributed by atoms with Crippen LogP contribution in [0.25, 0.3) is 0 Å². The molecule has 8 heteroatoms. The van der Waals surface area contributed by atoms with Crippen molar-refractivity contribution in [2.45, 2.75) is 0 Å². The first-order chi connectivity index (χ1) is 9.60. The Morgan fingerprint density at radius 3 is 2.65 bits per heavy atom. The lowest BCUT2D eigenvalue weighted by Crippen LogP contribution is -2.12. The summed E-state index contributed by atoms with van der Waals surface area (Å²) >= 11 is 5.60. The molecular weight excluding hydrogens is 284 g/mol. The van der Waals surface area contributed by atoms with E-state index < -0.39 is 0 Å². The van der Waals surface area contributed by atoms with Gasteiger partial charge in [0.2, 0.25) is 0 Å². The van der Waals surface area contributed by atoms with Gasteiger partial charge in [-0.05, 0) is 12.1 Å². The molecule has 0 radical (unpaired) electrons. The topological polar surface area (TPSA) is 97.0 Å². The second-order valence-corrected chi connectivity index (χ2v) is 3.95. The molecule has 106 valence electrons. The largest absolute Gasteiger partial charge is 0.388 e. The number of carbonyl (C=O) groups excluding carboxylic acids is 2. The van der Waals surface area contributed by atoms with Gasteiger partial charge < -0.3 is 10.1 Å². The van der Waals surface area contributed by atoms with Crippen molar-refractivity contribution < 1.29 is 14.3 Å². The lowest BCUT2D eigenvalue weighted by atomic mass is 10.3. The van der Waals surface area contributed by atoms with Crippen LogP contribution in [0.5, 0.6) is 0 Å². The number of anilines is 1. The molecule has 0 aliphatic carbocycles. The Morgan fingerprint density at radius 2 is 2.15 bits per heavy atom. The van der Waals surface area contributed by atoms with E-state index in [9.17, 15) is 9.59 Å². The minimum atomic E-state index is -0.377. The van der Waals surface area contributed by atoms with Crippen LogP contribution in [0.1, 0.15) is 20.8 Å². The van der Waals surface area contributed by atoms with Crippen molar-refractivity contribution in [3.8, 4) is 0 Å². The fourth-order valence-corrected chi connectivity index (χ4v) is 1.27. The maximum atomic E-state index is 11.7. The highest BCUT2D eigenvalue weighted by Crippen LogP contribution is 2.09. The van der Waals surface area contributed by atoms with Crippen LogP contribution < -0.4 is 5.32 Å². The van der Waals surface area contributed by atoms with E-state index in [0.717, 1.165) is 0 Å². The van der Waals surface area contributed by atoms with E-state index in [2.05, 4.69) is 25.2 Å². The molecule has 2 rings (SSSR count). The van der Waals surface area contributed by atoms with Gasteiger partial charge in [-0.3, -0.25) is 14.7 Å². The normalized spacial score (nSPS) is 9.35. The lowest BCUT2D eigenvalue weighted by molar-refractivity contribution is 0.102. The number of carbonyl (C=O) groups is 2. The number of aromatic nitrogens is 3. The van der Waals surface area contributed by atoms with Gasteiger partial charge in [-0.25, -0.2) is 4.98 Å². The molecule has 7 nitrogen and oxygen atoms in total. The number of nitrogens with one attached hydrogen (secondary N) is 2. The second-order valence-electron chi connectivity index (χ2n) is 3.56. The van der Waals surface area contributed by atoms with E-state index in [4.69, 9.17) is 11.6 Å². The van der Waals surface area contributed by atoms with Crippen molar-refractivity contribution in [3.05, 3.63) is 40.8 Å². The second kappa shape index (κ2) is 8.03. The van der Waals surface area contributed by atoms with Crippen LogP contribution in [0.3, 0.4) is 0 Å². The summed E-state index contributed by atoms with van der Waals surface area (Å²) in [5.41, 5.74) is 0.639. The molecule has 0 aliphatic rings. The number of hydrogen-bond donors (Lipinski definition) is 2. The number of ether oxygens (including phenoxy) is 1. The van der Waals surface area contributed by atoms with Crippen LogP contribution in [0.4, 0.5) is 5.82 Å². The molecule has 2 heterocycles. The van der Waals surface area contributed by atoms with Crippen LogP contribution in [-0.2, 0) is 4.74 Å². The SMILES string of the molecule is COC.O=Cc1cc(NC(=O)c2ccc(Cl)nc2)n[nH]1. The van der Waals surface area contributed by atoms with Gasteiger partial charge in [0.05, 0.1) is 11.3 Å². The van der Waals surface area contributed by atoms with Crippen LogP contribution in [-0.4, -0.2) is 41.6 Å². The first-order valence-electron chi connectivity index (χ1n) is 5.44. The summed E-state index contributed by atoms with van der Waals surface area (Å²) in [6.07, 6.45) is 1.96. The maximum absolute atomic E-state index is 11.7. The predicted molar refractivity (Wildman–Crippen MR) is 74.1 cm³/mol. The van der Waals surface area contributed by atoms with Gasteiger partial charge in [0.1, 0.15) is 5.15 Å². The Bertz CT molecular complexity index is 568. The lowest BCUT2D eigenvalue weighted by Gasteiger charge is -2.00. The number of nitrogens with zero attached hydrogens (tertiary/aromatic N) is 2. The third kappa shape index (κ3) is 4.79. The number of H-pyrrole nitrogens is 1. The number of halogens is 1. The first kappa shape index (κ1) is 15.8. The highest BCUT2D eigenvalue weighted by atomic mass is 35.5. The molecular formula is C12H13ClN4O3. The first-order valence-corrected chi connectivity index (χ1v) is 5.82. The summed E-state index contributed by atoms with van der Waals surface area (Å²) in [5.74, 6) is -0.106. The standard InChI is InChI=1S/C10H7ClN4O2.C2H6O/c11-8-2-1-6(4-12-8)10(17)13-9-3-7(5-16)14-15-9;1-3-2/h1-5H,(H2,13,14,15,17);1-2H3. The summed E-state index contributed by atoms with van der Waals surface area (Å²) in [6, 6.07) is 4.48. The summed E-state index contributed by atoms with van der Waals surface area (Å²) in [7, 11) is 3.25. The Labute approximate surface area is 120 Å². The van der Waals surface area contributed by atoms with E-state index in [-0.39, 0.29) is 17.4 Å². The summed E-state index contributed by atoms with van der Waals surface area (Å²) in [5, 5.41) is 9.01. The minimum absolute atomic E-state index is 0.270. The van der Waals surface area contributed by atoms with E-state index in [0.29, 0.717) is 17.0 Å². The van der Waals surface area contributed by atoms with Gasteiger partial charge >= 0.3 is 0 Å². The van der Waals surface area contributed by atoms with Crippen molar-refractivity contribution in [1.29, 1.82) is 0 Å². The number of aromatic amines is 1. The van der Waals surface area contributed by atoms with E-state index >= 15 is 0 Å². The number of hydrogen-bond acceptors (Lipinski definition) is 5. The average Bonchev–Trinajstić information content (AvgIpc) is 2.88. The fourth-order valence-electron chi connectivity index (χ4n) is 1.16. The zero-order chi connectivity index (χ0) is 15.0. The van der Waals surface area contributed by atoms with Crippen molar-refractivity contribution in [3.63, 3.8) is 0 Å². The van der Waals surface area contributed by atoms with Gasteiger partial charge in [0.25, 0.3) is 5.91 Å². The zero-order valence-corrected chi connectivity index (χ0v) is 11.6. The van der Waals surface area contributed by atoms with Gasteiger partial charge in [-0.15, -0.1) is 0 Å². The molecule has 0 unspecified atom stereocenters. The molecule has 0 atom stereocenters. The van der Waals surface area contributed by atoms with Gasteiger partial charge in [-0.2, -0.15) is 5.10 Å². The van der Waals surface area contributed by atoms with Gasteiger partial charge in [-0.1, -0.05) is 11.6 Å². The summed E-state index contributed by atoms with van der Waals surface area (Å²) in [6.45, 7) is 0. The monoisotopic (exact) mass is 296 g/mol. The molecule has 0 saturated heterocycles. The van der Waals surface area contributed by atoms with E-state index in [1.54, 1.807) is 14.2 Å². The van der Waals surface area contributed by atoms with E-state index in [1.165, 1.54) is 24.4 Å². The third-order valence-electron chi connectivity index (χ3n) is 1.96. The van der Waals surface area contributed by atoms with Gasteiger partial charge in [0, 0.05) is 26.5 Å². The van der Waals surface area contributed by atoms with Crippen molar-refractivity contribution in [2.24, 2.45) is 0 Å². The quantitative estimate of drug-likeness (QED) is 0.665. The Kier molecular flexibility index (Phi) is 6.34. The van der Waals surface area contributed by atoms with Crippen molar-refractivity contribution in [2.75, 3.05) is 19.5 Å². The maximum Gasteiger partial charge on any atom is 0.258 e. The molecule has 1 amide bonds. The average molecular weight is 297 g/mol. The fraction of sp³-hybridized carbons (Fsp3) is 0.167. The van der Waals surface area contributed by atoms with E-state index in [1.807, 2.05) is 0 Å². The van der Waals surface area contributed by atoms with Crippen LogP contribution in [0, 0.1) is 0 Å². The number of rotatable bonds is 3. The number of methoxy groups -OCH3 is 1. The van der Waals surface area contributed by atoms with Crippen LogP contribution in [0.2, 0.25) is 5.15 Å². The number of amides is 1. The molecule has 2 aromatic heterocycles. The van der Waals surface area contributed by atoms with Crippen molar-refractivity contribution >= 4 is 29.6 Å². The molecule has 0 spiro atoms. The van der Waals surface area contributed by atoms with Crippen LogP contribution in [0.15, 0.2) is 24.4 Å². The Hall–Kier alpha value is -2.25. The Balaban J connectivity index is 0.000000612. The molecule has 0 bridgehead atoms.